The summed E-state index contributed by atoms with van der Waals surface area (Å²) in [5.41, 5.74) is 0.404. The molecule has 1 aromatic heterocycles. The van der Waals surface area contributed by atoms with Gasteiger partial charge >= 0.3 is 12.4 Å². The van der Waals surface area contributed by atoms with Crippen molar-refractivity contribution in [3.8, 4) is 0 Å². The SMILES string of the molecule is CCOC(=O)N(c1ccc(N(C)Cc2ccc(Cl)s2)cc1)C(F)(F)F. The third-order valence-electron chi connectivity index (χ3n) is 3.27. The van der Waals surface area contributed by atoms with Crippen molar-refractivity contribution in [3.63, 3.8) is 0 Å². The van der Waals surface area contributed by atoms with E-state index in [1.165, 1.54) is 42.5 Å². The standard InChI is InChI=1S/C16H16ClF3N2O2S/c1-3-24-15(23)22(16(18,19)20)12-6-4-11(5-7-12)21(2)10-13-8-9-14(17)25-13/h4-9H,3,10H2,1-2H3. The van der Waals surface area contributed by atoms with E-state index in [0.29, 0.717) is 16.6 Å². The van der Waals surface area contributed by atoms with Crippen molar-refractivity contribution in [2.45, 2.75) is 19.8 Å². The zero-order valence-corrected chi connectivity index (χ0v) is 15.1. The van der Waals surface area contributed by atoms with Crippen LogP contribution in [0.5, 0.6) is 0 Å². The smallest absolute Gasteiger partial charge is 0.449 e. The maximum Gasteiger partial charge on any atom is 0.494 e. The summed E-state index contributed by atoms with van der Waals surface area (Å²) in [6, 6.07) is 9.18. The summed E-state index contributed by atoms with van der Waals surface area (Å²) >= 11 is 7.32. The summed E-state index contributed by atoms with van der Waals surface area (Å²) in [6.07, 6.45) is -6.32. The number of anilines is 2. The minimum Gasteiger partial charge on any atom is -0.449 e. The number of ether oxygens (including phenoxy) is 1. The van der Waals surface area contributed by atoms with Gasteiger partial charge in [0.2, 0.25) is 0 Å². The first-order chi connectivity index (χ1) is 11.7. The van der Waals surface area contributed by atoms with Crippen molar-refractivity contribution >= 4 is 40.4 Å². The number of thiophene rings is 1. The van der Waals surface area contributed by atoms with Crippen LogP contribution in [0.3, 0.4) is 0 Å². The minimum atomic E-state index is -4.87. The van der Waals surface area contributed by atoms with E-state index in [2.05, 4.69) is 4.74 Å². The third-order valence-corrected chi connectivity index (χ3v) is 4.49. The molecule has 9 heteroatoms. The van der Waals surface area contributed by atoms with Crippen LogP contribution in [0.25, 0.3) is 0 Å². The van der Waals surface area contributed by atoms with E-state index < -0.39 is 12.4 Å². The summed E-state index contributed by atoms with van der Waals surface area (Å²) in [6.45, 7) is 1.87. The molecule has 0 spiro atoms. The van der Waals surface area contributed by atoms with Crippen LogP contribution in [0.2, 0.25) is 4.34 Å². The first kappa shape index (κ1) is 19.4. The Kier molecular flexibility index (Phi) is 6.18. The van der Waals surface area contributed by atoms with Crippen molar-refractivity contribution in [2.75, 3.05) is 23.5 Å². The van der Waals surface area contributed by atoms with Crippen LogP contribution < -0.4 is 9.80 Å². The summed E-state index contributed by atoms with van der Waals surface area (Å²) in [5, 5.41) is 0. The lowest BCUT2D eigenvalue weighted by atomic mass is 10.2. The molecule has 0 radical (unpaired) electrons. The summed E-state index contributed by atoms with van der Waals surface area (Å²) in [7, 11) is 1.81. The molecule has 0 saturated heterocycles. The lowest BCUT2D eigenvalue weighted by Crippen LogP contribution is -2.43. The number of carbonyl (C=O) groups excluding carboxylic acids is 1. The quantitative estimate of drug-likeness (QED) is 0.628. The molecule has 1 heterocycles. The molecule has 25 heavy (non-hydrogen) atoms. The van der Waals surface area contributed by atoms with Crippen LogP contribution in [0.15, 0.2) is 36.4 Å². The molecule has 0 fully saturated rings. The van der Waals surface area contributed by atoms with Crippen molar-refractivity contribution in [3.05, 3.63) is 45.6 Å². The zero-order chi connectivity index (χ0) is 18.6. The molecule has 2 aromatic rings. The van der Waals surface area contributed by atoms with Crippen LogP contribution >= 0.6 is 22.9 Å². The number of benzene rings is 1. The van der Waals surface area contributed by atoms with Crippen molar-refractivity contribution in [1.29, 1.82) is 0 Å². The van der Waals surface area contributed by atoms with Crippen molar-refractivity contribution in [1.82, 2.24) is 0 Å². The van der Waals surface area contributed by atoms with Gasteiger partial charge in [-0.1, -0.05) is 11.6 Å². The Morgan fingerprint density at radius 1 is 1.16 bits per heavy atom. The Labute approximate surface area is 152 Å². The fourth-order valence-electron chi connectivity index (χ4n) is 2.16. The Bertz CT molecular complexity index is 719. The molecule has 1 aromatic carbocycles. The highest BCUT2D eigenvalue weighted by Crippen LogP contribution is 2.31. The van der Waals surface area contributed by atoms with E-state index in [-0.39, 0.29) is 17.2 Å². The monoisotopic (exact) mass is 392 g/mol. The van der Waals surface area contributed by atoms with Crippen LogP contribution in [0, 0.1) is 0 Å². The summed E-state index contributed by atoms with van der Waals surface area (Å²) < 4.78 is 44.6. The number of hydrogen-bond donors (Lipinski definition) is 0. The third kappa shape index (κ3) is 5.02. The summed E-state index contributed by atoms with van der Waals surface area (Å²) in [5.74, 6) is 0. The number of nitrogens with zero attached hydrogens (tertiary/aromatic N) is 2. The molecule has 136 valence electrons. The first-order valence-corrected chi connectivity index (χ1v) is 8.51. The van der Waals surface area contributed by atoms with E-state index >= 15 is 0 Å². The van der Waals surface area contributed by atoms with Gasteiger partial charge in [-0.15, -0.1) is 24.5 Å². The molecule has 0 atom stereocenters. The molecule has 2 rings (SSSR count). The van der Waals surface area contributed by atoms with Gasteiger partial charge in [-0.3, -0.25) is 0 Å². The minimum absolute atomic E-state index is 0.143. The topological polar surface area (TPSA) is 32.8 Å². The molecule has 1 amide bonds. The average molecular weight is 393 g/mol. The lowest BCUT2D eigenvalue weighted by molar-refractivity contribution is -0.124. The van der Waals surface area contributed by atoms with E-state index in [9.17, 15) is 18.0 Å². The van der Waals surface area contributed by atoms with Gasteiger partial charge < -0.3 is 9.64 Å². The van der Waals surface area contributed by atoms with Gasteiger partial charge in [0, 0.05) is 17.6 Å². The van der Waals surface area contributed by atoms with Gasteiger partial charge in [-0.25, -0.2) is 4.79 Å². The predicted octanol–water partition coefficient (Wildman–Crippen LogP) is 5.52. The Morgan fingerprint density at radius 3 is 2.24 bits per heavy atom. The number of hydrogen-bond acceptors (Lipinski definition) is 4. The number of alkyl halides is 3. The van der Waals surface area contributed by atoms with E-state index in [0.717, 1.165) is 4.88 Å². The largest absolute Gasteiger partial charge is 0.494 e. The fraction of sp³-hybridized carbons (Fsp3) is 0.312. The molecular formula is C16H16ClF3N2O2S. The highest BCUT2D eigenvalue weighted by Gasteiger charge is 2.43. The Morgan fingerprint density at radius 2 is 1.76 bits per heavy atom. The van der Waals surface area contributed by atoms with E-state index in [1.807, 2.05) is 18.0 Å². The first-order valence-electron chi connectivity index (χ1n) is 7.31. The van der Waals surface area contributed by atoms with Gasteiger partial charge in [0.25, 0.3) is 0 Å². The summed E-state index contributed by atoms with van der Waals surface area (Å²) in [4.78, 5) is 14.2. The second kappa shape index (κ2) is 7.97. The zero-order valence-electron chi connectivity index (χ0n) is 13.5. The van der Waals surface area contributed by atoms with Gasteiger partial charge in [-0.2, -0.15) is 4.90 Å². The number of amides is 1. The van der Waals surface area contributed by atoms with Gasteiger partial charge in [0.15, 0.2) is 0 Å². The molecule has 0 bridgehead atoms. The molecule has 0 N–H and O–H groups in total. The lowest BCUT2D eigenvalue weighted by Gasteiger charge is -2.25. The second-order valence-corrected chi connectivity index (χ2v) is 6.88. The molecule has 4 nitrogen and oxygen atoms in total. The van der Waals surface area contributed by atoms with Crippen molar-refractivity contribution in [2.24, 2.45) is 0 Å². The van der Waals surface area contributed by atoms with Crippen LogP contribution in [-0.4, -0.2) is 26.0 Å². The highest BCUT2D eigenvalue weighted by atomic mass is 35.5. The maximum atomic E-state index is 13.1. The average Bonchev–Trinajstić information content (AvgIpc) is 2.92. The van der Waals surface area contributed by atoms with Crippen LogP contribution in [0.4, 0.5) is 29.3 Å². The number of halogens is 4. The molecule has 0 aliphatic carbocycles. The van der Waals surface area contributed by atoms with Crippen LogP contribution in [0.1, 0.15) is 11.8 Å². The molecule has 0 unspecified atom stereocenters. The highest BCUT2D eigenvalue weighted by molar-refractivity contribution is 7.16. The predicted molar refractivity (Wildman–Crippen MR) is 93.4 cm³/mol. The molecule has 0 aliphatic rings. The molecular weight excluding hydrogens is 377 g/mol. The van der Waals surface area contributed by atoms with Gasteiger partial charge in [0.1, 0.15) is 0 Å². The van der Waals surface area contributed by atoms with E-state index in [1.54, 1.807) is 6.07 Å². The Hall–Kier alpha value is -1.93. The second-order valence-electron chi connectivity index (χ2n) is 5.08. The molecule has 0 saturated carbocycles. The number of carbonyl (C=O) groups is 1. The number of rotatable bonds is 5. The maximum absolute atomic E-state index is 13.1. The van der Waals surface area contributed by atoms with Gasteiger partial charge in [0.05, 0.1) is 23.2 Å². The Balaban J connectivity index is 2.17. The van der Waals surface area contributed by atoms with Crippen molar-refractivity contribution < 1.29 is 22.7 Å². The molecule has 0 aliphatic heterocycles. The normalized spacial score (nSPS) is 11.3. The fourth-order valence-corrected chi connectivity index (χ4v) is 3.30. The van der Waals surface area contributed by atoms with Crippen LogP contribution in [-0.2, 0) is 11.3 Å². The van der Waals surface area contributed by atoms with E-state index in [4.69, 9.17) is 11.6 Å². The van der Waals surface area contributed by atoms with Gasteiger partial charge in [-0.05, 0) is 43.3 Å².